The lowest BCUT2D eigenvalue weighted by atomic mass is 10.1. The molecule has 0 spiro atoms. The number of hydrogen-bond acceptors (Lipinski definition) is 5. The molecule has 31 heavy (non-hydrogen) atoms. The molecule has 1 heterocycles. The molecule has 2 aromatic rings. The third kappa shape index (κ3) is 9.50. The lowest BCUT2D eigenvalue weighted by Gasteiger charge is -2.13. The van der Waals surface area contributed by atoms with E-state index in [1.807, 2.05) is 39.0 Å². The van der Waals surface area contributed by atoms with Crippen molar-refractivity contribution in [2.45, 2.75) is 27.2 Å². The summed E-state index contributed by atoms with van der Waals surface area (Å²) >= 11 is 0. The van der Waals surface area contributed by atoms with E-state index in [0.717, 1.165) is 30.0 Å². The van der Waals surface area contributed by atoms with Crippen LogP contribution in [0.15, 0.2) is 46.0 Å². The summed E-state index contributed by atoms with van der Waals surface area (Å²) in [5, 5.41) is 9.21. The molecule has 1 aromatic heterocycles. The van der Waals surface area contributed by atoms with Crippen molar-refractivity contribution in [3.05, 3.63) is 47.9 Å². The fourth-order valence-electron chi connectivity index (χ4n) is 2.74. The number of guanidine groups is 1. The van der Waals surface area contributed by atoms with Crippen molar-refractivity contribution >= 4 is 35.8 Å². The number of hydrogen-bond donors (Lipinski definition) is 3. The quantitative estimate of drug-likeness (QED) is 0.164. The average molecular weight is 544 g/mol. The number of ether oxygens (including phenoxy) is 2. The van der Waals surface area contributed by atoms with Crippen LogP contribution in [0.25, 0.3) is 0 Å². The number of carbonyl (C=O) groups excluding carboxylic acids is 1. The SMILES string of the molecule is CCNC(=NCCc1ccc(OCC)c(OCC)c1)NCCNC(=O)c1ccco1.I. The number of nitrogens with zero attached hydrogens (tertiary/aromatic N) is 1. The Hall–Kier alpha value is -2.43. The molecule has 172 valence electrons. The molecule has 3 N–H and O–H groups in total. The molecule has 0 saturated carbocycles. The minimum atomic E-state index is -0.232. The lowest BCUT2D eigenvalue weighted by molar-refractivity contribution is 0.0926. The fraction of sp³-hybridized carbons (Fsp3) is 0.455. The predicted molar refractivity (Wildman–Crippen MR) is 133 cm³/mol. The van der Waals surface area contributed by atoms with Crippen molar-refractivity contribution in [2.75, 3.05) is 39.4 Å². The molecule has 0 radical (unpaired) electrons. The van der Waals surface area contributed by atoms with Crippen LogP contribution < -0.4 is 25.4 Å². The summed E-state index contributed by atoms with van der Waals surface area (Å²) < 4.78 is 16.4. The van der Waals surface area contributed by atoms with Gasteiger partial charge in [-0.3, -0.25) is 9.79 Å². The minimum absolute atomic E-state index is 0. The highest BCUT2D eigenvalue weighted by molar-refractivity contribution is 14.0. The Morgan fingerprint density at radius 3 is 2.42 bits per heavy atom. The molecule has 0 atom stereocenters. The Kier molecular flexibility index (Phi) is 13.2. The highest BCUT2D eigenvalue weighted by atomic mass is 127. The van der Waals surface area contributed by atoms with Crippen molar-refractivity contribution in [1.29, 1.82) is 0 Å². The van der Waals surface area contributed by atoms with E-state index in [-0.39, 0.29) is 29.9 Å². The minimum Gasteiger partial charge on any atom is -0.490 e. The zero-order valence-electron chi connectivity index (χ0n) is 18.4. The second kappa shape index (κ2) is 15.4. The highest BCUT2D eigenvalue weighted by Gasteiger charge is 2.08. The molecule has 0 fully saturated rings. The first-order chi connectivity index (χ1) is 14.7. The van der Waals surface area contributed by atoms with E-state index in [0.29, 0.717) is 44.6 Å². The molecular formula is C22H33IN4O4. The molecule has 0 unspecified atom stereocenters. The van der Waals surface area contributed by atoms with Gasteiger partial charge in [-0.2, -0.15) is 0 Å². The summed E-state index contributed by atoms with van der Waals surface area (Å²) in [4.78, 5) is 16.4. The summed E-state index contributed by atoms with van der Waals surface area (Å²) in [6.07, 6.45) is 2.25. The van der Waals surface area contributed by atoms with Gasteiger partial charge in [0.2, 0.25) is 0 Å². The van der Waals surface area contributed by atoms with Crippen LogP contribution in [0.1, 0.15) is 36.9 Å². The molecule has 2 rings (SSSR count). The standard InChI is InChI=1S/C22H32N4O4.HI/c1-4-23-22(26-14-13-24-21(27)19-8-7-15-30-19)25-12-11-17-9-10-18(28-5-2)20(16-17)29-6-3;/h7-10,15-16H,4-6,11-14H2,1-3H3,(H,24,27)(H2,23,25,26);1H. The van der Waals surface area contributed by atoms with Gasteiger partial charge in [-0.1, -0.05) is 6.07 Å². The van der Waals surface area contributed by atoms with E-state index in [1.54, 1.807) is 12.1 Å². The molecule has 0 bridgehead atoms. The molecule has 8 nitrogen and oxygen atoms in total. The van der Waals surface area contributed by atoms with Crippen molar-refractivity contribution in [3.8, 4) is 11.5 Å². The van der Waals surface area contributed by atoms with Crippen LogP contribution in [0.4, 0.5) is 0 Å². The third-order valence-electron chi connectivity index (χ3n) is 4.07. The molecular weight excluding hydrogens is 511 g/mol. The van der Waals surface area contributed by atoms with Gasteiger partial charge in [-0.15, -0.1) is 24.0 Å². The van der Waals surface area contributed by atoms with Gasteiger partial charge in [-0.25, -0.2) is 0 Å². The van der Waals surface area contributed by atoms with Gasteiger partial charge >= 0.3 is 0 Å². The number of furan rings is 1. The van der Waals surface area contributed by atoms with E-state index in [4.69, 9.17) is 13.9 Å². The van der Waals surface area contributed by atoms with Crippen LogP contribution in [-0.4, -0.2) is 51.3 Å². The first-order valence-corrected chi connectivity index (χ1v) is 10.4. The zero-order chi connectivity index (χ0) is 21.6. The van der Waals surface area contributed by atoms with Crippen molar-refractivity contribution < 1.29 is 18.7 Å². The number of carbonyl (C=O) groups is 1. The maximum Gasteiger partial charge on any atom is 0.287 e. The maximum atomic E-state index is 11.8. The summed E-state index contributed by atoms with van der Waals surface area (Å²) in [5.74, 6) is 2.30. The van der Waals surface area contributed by atoms with Crippen LogP contribution in [0, 0.1) is 0 Å². The Balaban J connectivity index is 0.00000480. The van der Waals surface area contributed by atoms with E-state index in [1.165, 1.54) is 6.26 Å². The molecule has 1 aromatic carbocycles. The number of halogens is 1. The Morgan fingerprint density at radius 2 is 1.74 bits per heavy atom. The smallest absolute Gasteiger partial charge is 0.287 e. The summed E-state index contributed by atoms with van der Waals surface area (Å²) in [6.45, 7) is 9.49. The second-order valence-corrected chi connectivity index (χ2v) is 6.32. The van der Waals surface area contributed by atoms with Gasteiger partial charge in [0, 0.05) is 26.2 Å². The summed E-state index contributed by atoms with van der Waals surface area (Å²) in [7, 11) is 0. The number of benzene rings is 1. The fourth-order valence-corrected chi connectivity index (χ4v) is 2.74. The summed E-state index contributed by atoms with van der Waals surface area (Å²) in [5.41, 5.74) is 1.13. The van der Waals surface area contributed by atoms with Gasteiger partial charge in [0.1, 0.15) is 0 Å². The zero-order valence-corrected chi connectivity index (χ0v) is 20.7. The molecule has 0 aliphatic rings. The third-order valence-corrected chi connectivity index (χ3v) is 4.07. The van der Waals surface area contributed by atoms with Crippen LogP contribution in [0.3, 0.4) is 0 Å². The first-order valence-electron chi connectivity index (χ1n) is 10.4. The molecule has 1 amide bonds. The van der Waals surface area contributed by atoms with Gasteiger partial charge in [-0.05, 0) is 57.0 Å². The van der Waals surface area contributed by atoms with Gasteiger partial charge < -0.3 is 29.8 Å². The Bertz CT molecular complexity index is 797. The van der Waals surface area contributed by atoms with E-state index < -0.39 is 0 Å². The van der Waals surface area contributed by atoms with Crippen LogP contribution in [-0.2, 0) is 6.42 Å². The lowest BCUT2D eigenvalue weighted by Crippen LogP contribution is -2.41. The van der Waals surface area contributed by atoms with Gasteiger partial charge in [0.25, 0.3) is 5.91 Å². The summed E-state index contributed by atoms with van der Waals surface area (Å²) in [6, 6.07) is 9.30. The number of rotatable bonds is 12. The second-order valence-electron chi connectivity index (χ2n) is 6.32. The van der Waals surface area contributed by atoms with Crippen LogP contribution in [0.5, 0.6) is 11.5 Å². The maximum absolute atomic E-state index is 11.8. The van der Waals surface area contributed by atoms with E-state index in [9.17, 15) is 4.79 Å². The predicted octanol–water partition coefficient (Wildman–Crippen LogP) is 3.22. The molecule has 9 heteroatoms. The largest absolute Gasteiger partial charge is 0.490 e. The topological polar surface area (TPSA) is 97.1 Å². The van der Waals surface area contributed by atoms with E-state index in [2.05, 4.69) is 20.9 Å². The van der Waals surface area contributed by atoms with Crippen molar-refractivity contribution in [1.82, 2.24) is 16.0 Å². The normalized spacial score (nSPS) is 10.7. The van der Waals surface area contributed by atoms with Gasteiger partial charge in [0.05, 0.1) is 19.5 Å². The average Bonchev–Trinajstić information content (AvgIpc) is 3.28. The number of aliphatic imine (C=N–C) groups is 1. The molecule has 0 saturated heterocycles. The molecule has 0 aliphatic carbocycles. The monoisotopic (exact) mass is 544 g/mol. The Labute approximate surface area is 201 Å². The highest BCUT2D eigenvalue weighted by Crippen LogP contribution is 2.28. The molecule has 0 aliphatic heterocycles. The van der Waals surface area contributed by atoms with Crippen LogP contribution in [0.2, 0.25) is 0 Å². The number of amides is 1. The number of nitrogens with one attached hydrogen (secondary N) is 3. The van der Waals surface area contributed by atoms with Crippen LogP contribution >= 0.6 is 24.0 Å². The van der Waals surface area contributed by atoms with E-state index >= 15 is 0 Å². The Morgan fingerprint density at radius 1 is 1.00 bits per heavy atom. The van der Waals surface area contributed by atoms with Crippen molar-refractivity contribution in [2.24, 2.45) is 4.99 Å². The first kappa shape index (κ1) is 26.6. The van der Waals surface area contributed by atoms with Gasteiger partial charge in [0.15, 0.2) is 23.2 Å². The van der Waals surface area contributed by atoms with Crippen molar-refractivity contribution in [3.63, 3.8) is 0 Å².